The molecule has 0 bridgehead atoms. The Morgan fingerprint density at radius 2 is 1.93 bits per heavy atom. The molecule has 1 aliphatic carbocycles. The molecule has 8 nitrogen and oxygen atoms in total. The normalized spacial score (nSPS) is 21.6. The average Bonchev–Trinajstić information content (AvgIpc) is 3.46. The van der Waals surface area contributed by atoms with E-state index in [2.05, 4.69) is 25.3 Å². The SMILES string of the molecule is COC(=O)CNC(=O)C[C@H]1CC[C@@H](CNC(=O)c2cccnc2C)N1CC1CC1. The van der Waals surface area contributed by atoms with E-state index in [1.54, 1.807) is 18.3 Å². The van der Waals surface area contributed by atoms with Crippen LogP contribution in [0.2, 0.25) is 0 Å². The zero-order valence-electron chi connectivity index (χ0n) is 17.1. The summed E-state index contributed by atoms with van der Waals surface area (Å²) in [4.78, 5) is 42.5. The molecule has 2 N–H and O–H groups in total. The Hall–Kier alpha value is -2.48. The van der Waals surface area contributed by atoms with Gasteiger partial charge in [0.1, 0.15) is 6.54 Å². The number of hydrogen-bond acceptors (Lipinski definition) is 6. The molecule has 3 rings (SSSR count). The Kier molecular flexibility index (Phi) is 7.19. The van der Waals surface area contributed by atoms with Crippen molar-refractivity contribution in [3.63, 3.8) is 0 Å². The highest BCUT2D eigenvalue weighted by molar-refractivity contribution is 5.95. The van der Waals surface area contributed by atoms with E-state index in [0.717, 1.165) is 19.4 Å². The number of aromatic nitrogens is 1. The summed E-state index contributed by atoms with van der Waals surface area (Å²) >= 11 is 0. The van der Waals surface area contributed by atoms with Gasteiger partial charge in [0, 0.05) is 43.5 Å². The standard InChI is InChI=1S/C21H30N4O4/c1-14-18(4-3-9-22-14)21(28)24-11-17-8-7-16(25(17)13-15-5-6-15)10-19(26)23-12-20(27)29-2/h3-4,9,15-17H,5-8,10-13H2,1-2H3,(H,23,26)(H,24,28)/t16-,17+/m1/s1. The highest BCUT2D eigenvalue weighted by atomic mass is 16.5. The van der Waals surface area contributed by atoms with Crippen molar-refractivity contribution in [3.05, 3.63) is 29.6 Å². The van der Waals surface area contributed by atoms with E-state index in [1.165, 1.54) is 20.0 Å². The number of carbonyl (C=O) groups is 3. The van der Waals surface area contributed by atoms with E-state index >= 15 is 0 Å². The number of likely N-dealkylation sites (tertiary alicyclic amines) is 1. The first-order chi connectivity index (χ1) is 14.0. The largest absolute Gasteiger partial charge is 0.468 e. The third-order valence-corrected chi connectivity index (χ3v) is 5.77. The summed E-state index contributed by atoms with van der Waals surface area (Å²) in [7, 11) is 1.30. The number of methoxy groups -OCH3 is 1. The van der Waals surface area contributed by atoms with E-state index in [4.69, 9.17) is 0 Å². The van der Waals surface area contributed by atoms with Gasteiger partial charge in [0.2, 0.25) is 5.91 Å². The maximum absolute atomic E-state index is 12.5. The van der Waals surface area contributed by atoms with Gasteiger partial charge in [-0.15, -0.1) is 0 Å². The Balaban J connectivity index is 1.54. The van der Waals surface area contributed by atoms with Crippen LogP contribution in [0.4, 0.5) is 0 Å². The monoisotopic (exact) mass is 402 g/mol. The predicted molar refractivity (Wildman–Crippen MR) is 107 cm³/mol. The van der Waals surface area contributed by atoms with Crippen molar-refractivity contribution in [2.24, 2.45) is 5.92 Å². The van der Waals surface area contributed by atoms with Gasteiger partial charge in [0.05, 0.1) is 12.7 Å². The fourth-order valence-electron chi connectivity index (χ4n) is 3.91. The van der Waals surface area contributed by atoms with Crippen LogP contribution in [0.5, 0.6) is 0 Å². The Bertz CT molecular complexity index is 750. The lowest BCUT2D eigenvalue weighted by Gasteiger charge is -2.30. The van der Waals surface area contributed by atoms with Gasteiger partial charge in [-0.05, 0) is 50.7 Å². The van der Waals surface area contributed by atoms with Crippen molar-refractivity contribution in [1.82, 2.24) is 20.5 Å². The Labute approximate surface area is 171 Å². The number of ether oxygens (including phenoxy) is 1. The number of carbonyl (C=O) groups excluding carboxylic acids is 3. The minimum absolute atomic E-state index is 0.103. The fraction of sp³-hybridized carbons (Fsp3) is 0.619. The van der Waals surface area contributed by atoms with Crippen molar-refractivity contribution in [2.45, 2.75) is 51.1 Å². The first-order valence-electron chi connectivity index (χ1n) is 10.3. The number of amides is 2. The minimum atomic E-state index is -0.453. The highest BCUT2D eigenvalue weighted by Gasteiger charge is 2.38. The molecule has 2 aliphatic rings. The molecule has 0 unspecified atom stereocenters. The van der Waals surface area contributed by atoms with Crippen LogP contribution in [-0.2, 0) is 14.3 Å². The number of nitrogens with zero attached hydrogens (tertiary/aromatic N) is 2. The van der Waals surface area contributed by atoms with Gasteiger partial charge in [-0.1, -0.05) is 0 Å². The second-order valence-electron chi connectivity index (χ2n) is 7.93. The number of hydrogen-bond donors (Lipinski definition) is 2. The summed E-state index contributed by atoms with van der Waals surface area (Å²) in [6, 6.07) is 3.90. The van der Waals surface area contributed by atoms with Crippen molar-refractivity contribution < 1.29 is 19.1 Å². The molecule has 2 heterocycles. The molecule has 1 aromatic rings. The molecule has 1 saturated carbocycles. The van der Waals surface area contributed by atoms with Gasteiger partial charge < -0.3 is 15.4 Å². The molecular formula is C21H30N4O4. The van der Waals surface area contributed by atoms with Crippen LogP contribution >= 0.6 is 0 Å². The second-order valence-corrected chi connectivity index (χ2v) is 7.93. The van der Waals surface area contributed by atoms with Gasteiger partial charge in [0.25, 0.3) is 5.91 Å². The number of pyridine rings is 1. The molecular weight excluding hydrogens is 372 g/mol. The molecule has 2 amide bonds. The lowest BCUT2D eigenvalue weighted by atomic mass is 10.1. The quantitative estimate of drug-likeness (QED) is 0.599. The zero-order chi connectivity index (χ0) is 20.8. The molecule has 8 heteroatoms. The van der Waals surface area contributed by atoms with E-state index in [-0.39, 0.29) is 30.4 Å². The van der Waals surface area contributed by atoms with E-state index in [9.17, 15) is 14.4 Å². The highest BCUT2D eigenvalue weighted by Crippen LogP contribution is 2.35. The summed E-state index contributed by atoms with van der Waals surface area (Å²) in [5.41, 5.74) is 1.31. The Morgan fingerprint density at radius 3 is 2.62 bits per heavy atom. The summed E-state index contributed by atoms with van der Waals surface area (Å²) in [5, 5.41) is 5.67. The zero-order valence-corrected chi connectivity index (χ0v) is 17.1. The van der Waals surface area contributed by atoms with Crippen LogP contribution in [0, 0.1) is 12.8 Å². The number of nitrogens with one attached hydrogen (secondary N) is 2. The van der Waals surface area contributed by atoms with E-state index in [1.807, 2.05) is 6.92 Å². The van der Waals surface area contributed by atoms with Crippen LogP contribution in [0.1, 0.15) is 48.2 Å². The van der Waals surface area contributed by atoms with Crippen LogP contribution in [0.3, 0.4) is 0 Å². The number of esters is 1. The Morgan fingerprint density at radius 1 is 1.17 bits per heavy atom. The molecule has 29 heavy (non-hydrogen) atoms. The molecule has 2 fully saturated rings. The number of aryl methyl sites for hydroxylation is 1. The summed E-state index contributed by atoms with van der Waals surface area (Å²) in [6.45, 7) is 3.24. The van der Waals surface area contributed by atoms with Crippen LogP contribution < -0.4 is 10.6 Å². The summed E-state index contributed by atoms with van der Waals surface area (Å²) in [6.07, 6.45) is 6.34. The number of rotatable bonds is 9. The van der Waals surface area contributed by atoms with Crippen molar-refractivity contribution >= 4 is 17.8 Å². The third kappa shape index (κ3) is 6.00. The maximum Gasteiger partial charge on any atom is 0.325 e. The van der Waals surface area contributed by atoms with Gasteiger partial charge in [-0.25, -0.2) is 0 Å². The topological polar surface area (TPSA) is 101 Å². The second kappa shape index (κ2) is 9.82. The molecule has 1 saturated heterocycles. The van der Waals surface area contributed by atoms with Crippen LogP contribution in [-0.4, -0.2) is 66.5 Å². The molecule has 2 atom stereocenters. The van der Waals surface area contributed by atoms with Gasteiger partial charge in [-0.3, -0.25) is 24.3 Å². The van der Waals surface area contributed by atoms with E-state index in [0.29, 0.717) is 30.1 Å². The molecule has 1 aliphatic heterocycles. The summed E-state index contributed by atoms with van der Waals surface area (Å²) in [5.74, 6) is -0.0171. The maximum atomic E-state index is 12.5. The third-order valence-electron chi connectivity index (χ3n) is 5.77. The van der Waals surface area contributed by atoms with Crippen LogP contribution in [0.15, 0.2) is 18.3 Å². The molecule has 0 radical (unpaired) electrons. The van der Waals surface area contributed by atoms with Crippen molar-refractivity contribution in [3.8, 4) is 0 Å². The lowest BCUT2D eigenvalue weighted by Crippen LogP contribution is -2.45. The van der Waals surface area contributed by atoms with Gasteiger partial charge in [-0.2, -0.15) is 0 Å². The molecule has 158 valence electrons. The first-order valence-corrected chi connectivity index (χ1v) is 10.3. The van der Waals surface area contributed by atoms with Gasteiger partial charge in [0.15, 0.2) is 0 Å². The minimum Gasteiger partial charge on any atom is -0.468 e. The smallest absolute Gasteiger partial charge is 0.325 e. The average molecular weight is 402 g/mol. The first kappa shape index (κ1) is 21.2. The van der Waals surface area contributed by atoms with Crippen molar-refractivity contribution in [2.75, 3.05) is 26.7 Å². The van der Waals surface area contributed by atoms with E-state index < -0.39 is 5.97 Å². The molecule has 0 aromatic carbocycles. The van der Waals surface area contributed by atoms with Crippen LogP contribution in [0.25, 0.3) is 0 Å². The summed E-state index contributed by atoms with van der Waals surface area (Å²) < 4.78 is 4.56. The van der Waals surface area contributed by atoms with Crippen molar-refractivity contribution in [1.29, 1.82) is 0 Å². The fourth-order valence-corrected chi connectivity index (χ4v) is 3.91. The lowest BCUT2D eigenvalue weighted by molar-refractivity contribution is -0.141. The molecule has 0 spiro atoms. The van der Waals surface area contributed by atoms with Gasteiger partial charge >= 0.3 is 5.97 Å². The predicted octanol–water partition coefficient (Wildman–Crippen LogP) is 1.04. The molecule has 1 aromatic heterocycles.